The third-order valence-corrected chi connectivity index (χ3v) is 5.89. The fourth-order valence-electron chi connectivity index (χ4n) is 3.41. The summed E-state index contributed by atoms with van der Waals surface area (Å²) in [5.74, 6) is -0.322. The maximum absolute atomic E-state index is 12.7. The fourth-order valence-corrected chi connectivity index (χ4v) is 4.29. The normalized spacial score (nSPS) is 10.9. The van der Waals surface area contributed by atoms with Crippen LogP contribution in [0.4, 0.5) is 5.13 Å². The average molecular weight is 408 g/mol. The minimum Gasteiger partial charge on any atom is -0.298 e. The number of thiazole rings is 1. The second kappa shape index (κ2) is 7.54. The number of fused-ring (bicyclic) bond motifs is 3. The number of rotatable bonds is 4. The molecule has 0 aliphatic carbocycles. The molecule has 0 unspecified atom stereocenters. The number of nitrogens with zero attached hydrogens (tertiary/aromatic N) is 1. The highest BCUT2D eigenvalue weighted by atomic mass is 32.1. The lowest BCUT2D eigenvalue weighted by Crippen LogP contribution is -2.12. The highest BCUT2D eigenvalue weighted by Gasteiger charge is 2.13. The summed E-state index contributed by atoms with van der Waals surface area (Å²) in [6.45, 7) is 0. The van der Waals surface area contributed by atoms with E-state index in [4.69, 9.17) is 0 Å². The minimum absolute atomic E-state index is 0.0689. The van der Waals surface area contributed by atoms with Crippen molar-refractivity contribution in [2.24, 2.45) is 0 Å². The summed E-state index contributed by atoms with van der Waals surface area (Å²) in [5.41, 5.74) is 2.53. The first-order valence-corrected chi connectivity index (χ1v) is 10.3. The zero-order valence-electron chi connectivity index (χ0n) is 15.8. The molecule has 0 saturated carbocycles. The van der Waals surface area contributed by atoms with Gasteiger partial charge in [-0.3, -0.25) is 14.9 Å². The van der Waals surface area contributed by atoms with Gasteiger partial charge in [0.05, 0.1) is 10.2 Å². The summed E-state index contributed by atoms with van der Waals surface area (Å²) in [7, 11) is 0. The van der Waals surface area contributed by atoms with Gasteiger partial charge in [0.2, 0.25) is 0 Å². The van der Waals surface area contributed by atoms with E-state index in [9.17, 15) is 9.59 Å². The van der Waals surface area contributed by atoms with Crippen LogP contribution in [0.2, 0.25) is 0 Å². The number of amides is 1. The molecule has 30 heavy (non-hydrogen) atoms. The van der Waals surface area contributed by atoms with Crippen LogP contribution in [-0.2, 0) is 0 Å². The minimum atomic E-state index is -0.253. The van der Waals surface area contributed by atoms with Crippen molar-refractivity contribution < 1.29 is 9.59 Å². The molecule has 0 saturated heterocycles. The molecule has 0 radical (unpaired) electrons. The molecular formula is C25H16N2O2S. The summed E-state index contributed by atoms with van der Waals surface area (Å²) in [5, 5.41) is 5.61. The van der Waals surface area contributed by atoms with E-state index in [1.807, 2.05) is 48.5 Å². The lowest BCUT2D eigenvalue weighted by Gasteiger charge is -2.04. The first-order chi connectivity index (χ1) is 14.7. The standard InChI is InChI=1S/C25H16N2O2S/c28-23(17-7-2-1-3-8-17)18-10-12-19(13-11-18)24(29)27-25-26-22-20-9-5-4-6-16(20)14-15-21(22)30-25/h1-15H,(H,26,27,29). The van der Waals surface area contributed by atoms with E-state index in [1.165, 1.54) is 11.3 Å². The molecule has 0 spiro atoms. The van der Waals surface area contributed by atoms with Gasteiger partial charge in [-0.15, -0.1) is 0 Å². The molecule has 4 aromatic carbocycles. The largest absolute Gasteiger partial charge is 0.298 e. The zero-order chi connectivity index (χ0) is 20.5. The van der Waals surface area contributed by atoms with E-state index in [0.717, 1.165) is 21.0 Å². The van der Waals surface area contributed by atoms with Crippen LogP contribution in [0.1, 0.15) is 26.3 Å². The van der Waals surface area contributed by atoms with E-state index in [-0.39, 0.29) is 11.7 Å². The number of carbonyl (C=O) groups is 2. The molecule has 5 heteroatoms. The van der Waals surface area contributed by atoms with Crippen LogP contribution in [0.5, 0.6) is 0 Å². The van der Waals surface area contributed by atoms with Crippen molar-refractivity contribution in [2.75, 3.05) is 5.32 Å². The second-order valence-corrected chi connectivity index (χ2v) is 7.91. The molecule has 0 aliphatic heterocycles. The maximum atomic E-state index is 12.7. The molecule has 0 fully saturated rings. The Kier molecular flexibility index (Phi) is 4.58. The number of carbonyl (C=O) groups excluding carboxylic acids is 2. The average Bonchev–Trinajstić information content (AvgIpc) is 3.22. The Morgan fingerprint density at radius 2 is 1.37 bits per heavy atom. The summed E-state index contributed by atoms with van der Waals surface area (Å²) < 4.78 is 1.02. The molecule has 5 aromatic rings. The molecule has 0 aliphatic rings. The number of benzene rings is 4. The summed E-state index contributed by atoms with van der Waals surface area (Å²) in [4.78, 5) is 29.8. The first-order valence-electron chi connectivity index (χ1n) is 9.48. The lowest BCUT2D eigenvalue weighted by atomic mass is 10.0. The quantitative estimate of drug-likeness (QED) is 0.375. The third kappa shape index (κ3) is 3.36. The topological polar surface area (TPSA) is 59.1 Å². The van der Waals surface area contributed by atoms with Crippen molar-refractivity contribution in [1.82, 2.24) is 4.98 Å². The van der Waals surface area contributed by atoms with Gasteiger partial charge in [-0.1, -0.05) is 84.1 Å². The van der Waals surface area contributed by atoms with Gasteiger partial charge < -0.3 is 0 Å². The van der Waals surface area contributed by atoms with Crippen LogP contribution in [-0.4, -0.2) is 16.7 Å². The monoisotopic (exact) mass is 408 g/mol. The Bertz CT molecular complexity index is 1390. The maximum Gasteiger partial charge on any atom is 0.257 e. The lowest BCUT2D eigenvalue weighted by molar-refractivity contribution is 0.102. The smallest absolute Gasteiger partial charge is 0.257 e. The molecule has 1 heterocycles. The predicted octanol–water partition coefficient (Wildman–Crippen LogP) is 5.93. The number of aromatic nitrogens is 1. The Hall–Kier alpha value is -3.83. The van der Waals surface area contributed by atoms with Crippen molar-refractivity contribution in [3.05, 3.63) is 108 Å². The van der Waals surface area contributed by atoms with Crippen LogP contribution in [0.3, 0.4) is 0 Å². The third-order valence-electron chi connectivity index (χ3n) is 4.95. The van der Waals surface area contributed by atoms with Gasteiger partial charge in [0.25, 0.3) is 5.91 Å². The highest BCUT2D eigenvalue weighted by molar-refractivity contribution is 7.22. The summed E-state index contributed by atoms with van der Waals surface area (Å²) >= 11 is 1.44. The van der Waals surface area contributed by atoms with Gasteiger partial charge in [-0.2, -0.15) is 0 Å². The predicted molar refractivity (Wildman–Crippen MR) is 121 cm³/mol. The van der Waals surface area contributed by atoms with Crippen LogP contribution in [0.15, 0.2) is 91.0 Å². The van der Waals surface area contributed by atoms with Gasteiger partial charge in [-0.05, 0) is 23.6 Å². The van der Waals surface area contributed by atoms with E-state index < -0.39 is 0 Å². The summed E-state index contributed by atoms with van der Waals surface area (Å²) in [6, 6.07) is 27.9. The van der Waals surface area contributed by atoms with Crippen LogP contribution in [0, 0.1) is 0 Å². The van der Waals surface area contributed by atoms with Gasteiger partial charge in [-0.25, -0.2) is 4.98 Å². The Balaban J connectivity index is 1.38. The van der Waals surface area contributed by atoms with Crippen molar-refractivity contribution >= 4 is 49.1 Å². The molecule has 4 nitrogen and oxygen atoms in total. The van der Waals surface area contributed by atoms with Crippen molar-refractivity contribution in [1.29, 1.82) is 0 Å². The Morgan fingerprint density at radius 3 is 2.17 bits per heavy atom. The van der Waals surface area contributed by atoms with Gasteiger partial charge in [0.1, 0.15) is 0 Å². The number of hydrogen-bond acceptors (Lipinski definition) is 4. The highest BCUT2D eigenvalue weighted by Crippen LogP contribution is 2.31. The second-order valence-electron chi connectivity index (χ2n) is 6.88. The van der Waals surface area contributed by atoms with E-state index >= 15 is 0 Å². The first kappa shape index (κ1) is 18.2. The Morgan fingerprint density at radius 1 is 0.700 bits per heavy atom. The molecule has 1 N–H and O–H groups in total. The number of anilines is 1. The van der Waals surface area contributed by atoms with Crippen LogP contribution >= 0.6 is 11.3 Å². The van der Waals surface area contributed by atoms with E-state index in [0.29, 0.717) is 21.8 Å². The molecule has 0 atom stereocenters. The SMILES string of the molecule is O=C(Nc1nc2c(ccc3ccccc32)s1)c1ccc(C(=O)c2ccccc2)cc1. The van der Waals surface area contributed by atoms with Crippen molar-refractivity contribution in [2.45, 2.75) is 0 Å². The van der Waals surface area contributed by atoms with Gasteiger partial charge in [0, 0.05) is 22.1 Å². The van der Waals surface area contributed by atoms with E-state index in [1.54, 1.807) is 36.4 Å². The zero-order valence-corrected chi connectivity index (χ0v) is 16.6. The number of hydrogen-bond donors (Lipinski definition) is 1. The van der Waals surface area contributed by atoms with Crippen molar-refractivity contribution in [3.63, 3.8) is 0 Å². The molecule has 1 amide bonds. The summed E-state index contributed by atoms with van der Waals surface area (Å²) in [6.07, 6.45) is 0. The molecule has 0 bridgehead atoms. The molecule has 1 aromatic heterocycles. The molecule has 5 rings (SSSR count). The number of nitrogens with one attached hydrogen (secondary N) is 1. The van der Waals surface area contributed by atoms with Crippen molar-refractivity contribution in [3.8, 4) is 0 Å². The van der Waals surface area contributed by atoms with Gasteiger partial charge >= 0.3 is 0 Å². The van der Waals surface area contributed by atoms with Crippen LogP contribution < -0.4 is 5.32 Å². The Labute approximate surface area is 176 Å². The molecule has 144 valence electrons. The molecular weight excluding hydrogens is 392 g/mol. The van der Waals surface area contributed by atoms with Gasteiger partial charge in [0.15, 0.2) is 10.9 Å². The number of ketones is 1. The van der Waals surface area contributed by atoms with Crippen LogP contribution in [0.25, 0.3) is 21.0 Å². The fraction of sp³-hybridized carbons (Fsp3) is 0. The van der Waals surface area contributed by atoms with E-state index in [2.05, 4.69) is 16.4 Å².